The zero-order valence-corrected chi connectivity index (χ0v) is 8.13. The van der Waals surface area contributed by atoms with Crippen molar-refractivity contribution < 1.29 is 8.42 Å². The van der Waals surface area contributed by atoms with Crippen LogP contribution in [0, 0.1) is 17.2 Å². The lowest BCUT2D eigenvalue weighted by Crippen LogP contribution is -2.26. The fourth-order valence-corrected chi connectivity index (χ4v) is 4.49. The second kappa shape index (κ2) is 2.96. The molecule has 0 unspecified atom stereocenters. The molecule has 2 aliphatic rings. The van der Waals surface area contributed by atoms with Gasteiger partial charge in [-0.05, 0) is 12.3 Å². The summed E-state index contributed by atoms with van der Waals surface area (Å²) in [7, 11) is -2.83. The lowest BCUT2D eigenvalue weighted by Gasteiger charge is -2.10. The molecule has 0 saturated carbocycles. The van der Waals surface area contributed by atoms with Crippen molar-refractivity contribution in [1.29, 1.82) is 5.26 Å². The van der Waals surface area contributed by atoms with E-state index in [1.807, 2.05) is 4.90 Å². The van der Waals surface area contributed by atoms with E-state index in [9.17, 15) is 8.42 Å². The van der Waals surface area contributed by atoms with Crippen LogP contribution in [0.3, 0.4) is 0 Å². The van der Waals surface area contributed by atoms with Gasteiger partial charge in [0.25, 0.3) is 0 Å². The zero-order valence-electron chi connectivity index (χ0n) is 7.31. The summed E-state index contributed by atoms with van der Waals surface area (Å²) < 4.78 is 23.0. The van der Waals surface area contributed by atoms with Crippen molar-refractivity contribution in [2.45, 2.75) is 11.7 Å². The van der Waals surface area contributed by atoms with Crippen LogP contribution in [0.5, 0.6) is 0 Å². The highest BCUT2D eigenvalue weighted by atomic mass is 32.2. The van der Waals surface area contributed by atoms with Gasteiger partial charge in [0, 0.05) is 13.1 Å². The highest BCUT2D eigenvalue weighted by Gasteiger charge is 2.45. The molecule has 4 nitrogen and oxygen atoms in total. The molecule has 0 radical (unpaired) electrons. The van der Waals surface area contributed by atoms with Gasteiger partial charge >= 0.3 is 0 Å². The molecule has 2 heterocycles. The number of hydrogen-bond acceptors (Lipinski definition) is 4. The Balaban J connectivity index is 2.11. The molecule has 0 bridgehead atoms. The van der Waals surface area contributed by atoms with E-state index >= 15 is 0 Å². The molecule has 2 fully saturated rings. The van der Waals surface area contributed by atoms with Crippen molar-refractivity contribution in [3.8, 4) is 6.07 Å². The summed E-state index contributed by atoms with van der Waals surface area (Å²) in [5.74, 6) is 0.640. The maximum absolute atomic E-state index is 11.5. The molecule has 0 spiro atoms. The van der Waals surface area contributed by atoms with Gasteiger partial charge in [-0.2, -0.15) is 5.26 Å². The summed E-state index contributed by atoms with van der Waals surface area (Å²) in [6.07, 6.45) is 0.787. The van der Waals surface area contributed by atoms with Gasteiger partial charge in [0.05, 0.1) is 23.6 Å². The Kier molecular flexibility index (Phi) is 2.05. The Morgan fingerprint density at radius 2 is 2.23 bits per heavy atom. The summed E-state index contributed by atoms with van der Waals surface area (Å²) in [4.78, 5) is 1.94. The molecule has 5 heteroatoms. The predicted octanol–water partition coefficient (Wildman–Crippen LogP) is -0.371. The van der Waals surface area contributed by atoms with Crippen LogP contribution in [0.1, 0.15) is 6.42 Å². The number of nitrogens with zero attached hydrogens (tertiary/aromatic N) is 2. The molecule has 0 aromatic rings. The highest BCUT2D eigenvalue weighted by molar-refractivity contribution is 7.92. The quantitative estimate of drug-likeness (QED) is 0.542. The van der Waals surface area contributed by atoms with Crippen molar-refractivity contribution in [3.63, 3.8) is 0 Å². The van der Waals surface area contributed by atoms with E-state index in [1.165, 1.54) is 0 Å². The van der Waals surface area contributed by atoms with Gasteiger partial charge in [0.1, 0.15) is 0 Å². The van der Waals surface area contributed by atoms with Gasteiger partial charge in [0.2, 0.25) is 0 Å². The first-order chi connectivity index (χ1) is 6.13. The lowest BCUT2D eigenvalue weighted by molar-refractivity contribution is 0.360. The Hall–Kier alpha value is -0.600. The second-order valence-electron chi connectivity index (χ2n) is 3.81. The number of nitriles is 1. The van der Waals surface area contributed by atoms with Crippen molar-refractivity contribution in [2.75, 3.05) is 25.4 Å². The van der Waals surface area contributed by atoms with E-state index in [0.717, 1.165) is 13.0 Å². The topological polar surface area (TPSA) is 61.2 Å². The molecule has 72 valence electrons. The van der Waals surface area contributed by atoms with E-state index in [1.54, 1.807) is 0 Å². The molecule has 0 N–H and O–H groups in total. The summed E-state index contributed by atoms with van der Waals surface area (Å²) in [6, 6.07) is 2.06. The zero-order chi connectivity index (χ0) is 9.47. The highest BCUT2D eigenvalue weighted by Crippen LogP contribution is 2.33. The first-order valence-electron chi connectivity index (χ1n) is 4.44. The van der Waals surface area contributed by atoms with Crippen LogP contribution in [0.2, 0.25) is 0 Å². The summed E-state index contributed by atoms with van der Waals surface area (Å²) in [6.45, 7) is 1.72. The first-order valence-corrected chi connectivity index (χ1v) is 6.16. The molecule has 2 rings (SSSR count). The van der Waals surface area contributed by atoms with Crippen LogP contribution < -0.4 is 0 Å². The maximum Gasteiger partial charge on any atom is 0.154 e. The van der Waals surface area contributed by atoms with Crippen LogP contribution in [0.25, 0.3) is 0 Å². The third-order valence-electron chi connectivity index (χ3n) is 2.99. The molecular weight excluding hydrogens is 188 g/mol. The molecule has 13 heavy (non-hydrogen) atoms. The van der Waals surface area contributed by atoms with Crippen molar-refractivity contribution in [1.82, 2.24) is 4.90 Å². The summed E-state index contributed by atoms with van der Waals surface area (Å²) in [5, 5.41) is 8.30. The molecule has 0 aliphatic carbocycles. The van der Waals surface area contributed by atoms with Gasteiger partial charge in [-0.3, -0.25) is 4.90 Å². The SMILES string of the molecule is N#CCN1C[C@@H]2CCS(=O)(=O)[C@@H]2C1. The van der Waals surface area contributed by atoms with E-state index in [2.05, 4.69) is 6.07 Å². The molecular formula is C8H12N2O2S. The number of hydrogen-bond donors (Lipinski definition) is 0. The van der Waals surface area contributed by atoms with E-state index in [4.69, 9.17) is 5.26 Å². The summed E-state index contributed by atoms with van der Waals surface area (Å²) in [5.41, 5.74) is 0. The van der Waals surface area contributed by atoms with Gasteiger partial charge in [-0.15, -0.1) is 0 Å². The average molecular weight is 200 g/mol. The Bertz CT molecular complexity index is 344. The minimum Gasteiger partial charge on any atom is -0.289 e. The number of rotatable bonds is 1. The number of fused-ring (bicyclic) bond motifs is 1. The van der Waals surface area contributed by atoms with Crippen molar-refractivity contribution in [3.05, 3.63) is 0 Å². The molecule has 0 amide bonds. The van der Waals surface area contributed by atoms with E-state index in [0.29, 0.717) is 24.8 Å². The van der Waals surface area contributed by atoms with Crippen LogP contribution in [0.15, 0.2) is 0 Å². The molecule has 2 atom stereocenters. The van der Waals surface area contributed by atoms with Gasteiger partial charge in [-0.25, -0.2) is 8.42 Å². The maximum atomic E-state index is 11.5. The van der Waals surface area contributed by atoms with Gasteiger partial charge in [-0.1, -0.05) is 0 Å². The van der Waals surface area contributed by atoms with Crippen LogP contribution in [-0.4, -0.2) is 44.0 Å². The first kappa shape index (κ1) is 8.97. The smallest absolute Gasteiger partial charge is 0.154 e. The predicted molar refractivity (Wildman–Crippen MR) is 47.7 cm³/mol. The Labute approximate surface area is 78.1 Å². The lowest BCUT2D eigenvalue weighted by atomic mass is 10.1. The molecule has 0 aromatic heterocycles. The van der Waals surface area contributed by atoms with Crippen molar-refractivity contribution >= 4 is 9.84 Å². The van der Waals surface area contributed by atoms with Crippen molar-refractivity contribution in [2.24, 2.45) is 5.92 Å². The third-order valence-corrected chi connectivity index (χ3v) is 5.25. The largest absolute Gasteiger partial charge is 0.289 e. The van der Waals surface area contributed by atoms with Gasteiger partial charge in [0.15, 0.2) is 9.84 Å². The minimum absolute atomic E-state index is 0.180. The second-order valence-corrected chi connectivity index (χ2v) is 6.15. The summed E-state index contributed by atoms with van der Waals surface area (Å²) >= 11 is 0. The Morgan fingerprint density at radius 3 is 2.85 bits per heavy atom. The average Bonchev–Trinajstić information content (AvgIpc) is 2.55. The van der Waals surface area contributed by atoms with Crippen LogP contribution >= 0.6 is 0 Å². The fourth-order valence-electron chi connectivity index (χ4n) is 2.31. The molecule has 2 saturated heterocycles. The van der Waals surface area contributed by atoms with Crippen LogP contribution in [-0.2, 0) is 9.84 Å². The fraction of sp³-hybridized carbons (Fsp3) is 0.875. The molecule has 2 aliphatic heterocycles. The minimum atomic E-state index is -2.83. The standard InChI is InChI=1S/C8H12N2O2S/c9-2-3-10-5-7-1-4-13(11,12)8(7)6-10/h7-8H,1,3-6H2/t7-,8+/m0/s1. The Morgan fingerprint density at radius 1 is 1.46 bits per heavy atom. The normalized spacial score (nSPS) is 37.2. The van der Waals surface area contributed by atoms with Crippen LogP contribution in [0.4, 0.5) is 0 Å². The third kappa shape index (κ3) is 1.45. The number of likely N-dealkylation sites (tertiary alicyclic amines) is 1. The molecule has 0 aromatic carbocycles. The number of sulfone groups is 1. The van der Waals surface area contributed by atoms with E-state index < -0.39 is 9.84 Å². The van der Waals surface area contributed by atoms with Gasteiger partial charge < -0.3 is 0 Å². The van der Waals surface area contributed by atoms with E-state index in [-0.39, 0.29) is 5.25 Å². The monoisotopic (exact) mass is 200 g/mol.